The van der Waals surface area contributed by atoms with Gasteiger partial charge < -0.3 is 0 Å². The molecule has 0 atom stereocenters. The van der Waals surface area contributed by atoms with E-state index in [9.17, 15) is 0 Å². The van der Waals surface area contributed by atoms with Crippen molar-refractivity contribution >= 4 is 42.8 Å². The summed E-state index contributed by atoms with van der Waals surface area (Å²) in [6.45, 7) is 2.66. The fourth-order valence-corrected chi connectivity index (χ4v) is 3.01. The summed E-state index contributed by atoms with van der Waals surface area (Å²) >= 11 is 2.79. The van der Waals surface area contributed by atoms with Gasteiger partial charge in [-0.15, -0.1) is 0 Å². The summed E-state index contributed by atoms with van der Waals surface area (Å²) in [4.78, 5) is 8.39. The van der Waals surface area contributed by atoms with Crippen molar-refractivity contribution in [2.75, 3.05) is 11.5 Å². The zero-order chi connectivity index (χ0) is 15.9. The molecule has 0 unspecified atom stereocenters. The van der Waals surface area contributed by atoms with Gasteiger partial charge in [-0.25, -0.2) is 0 Å². The van der Waals surface area contributed by atoms with Crippen molar-refractivity contribution in [1.29, 1.82) is 0 Å². The van der Waals surface area contributed by atoms with Crippen LogP contribution < -0.4 is 17.2 Å². The van der Waals surface area contributed by atoms with Crippen LogP contribution in [0.1, 0.15) is 16.7 Å². The van der Waals surface area contributed by atoms with Crippen LogP contribution in [0.25, 0.3) is 11.0 Å². The van der Waals surface area contributed by atoms with Gasteiger partial charge in [-0.2, -0.15) is 0 Å². The summed E-state index contributed by atoms with van der Waals surface area (Å²) in [5.41, 5.74) is 21.9. The van der Waals surface area contributed by atoms with Crippen molar-refractivity contribution in [3.8, 4) is 0 Å². The predicted molar refractivity (Wildman–Crippen MR) is 90.7 cm³/mol. The maximum absolute atomic E-state index is 6.30. The van der Waals surface area contributed by atoms with Crippen LogP contribution >= 0.6 is 0 Å². The van der Waals surface area contributed by atoms with Gasteiger partial charge in [0.1, 0.15) is 0 Å². The van der Waals surface area contributed by atoms with Crippen molar-refractivity contribution in [1.82, 2.24) is 14.5 Å². The maximum atomic E-state index is 6.30. The molecule has 2 aromatic heterocycles. The van der Waals surface area contributed by atoms with Gasteiger partial charge in [-0.1, -0.05) is 0 Å². The van der Waals surface area contributed by atoms with Crippen LogP contribution in [0.4, 0.5) is 11.6 Å². The van der Waals surface area contributed by atoms with E-state index < -0.39 is 0 Å². The molecule has 112 valence electrons. The standard InChI is InChI=1S/C15H16N6Se/c1-8-4-2-3-5-9(8)6-21-13(17)11(14(18)22)10-12(16)19-7-20-15(10)21/h2-5,7H,6,17H2,1H3,(H2,18,22)(H2,16,19,20). The zero-order valence-corrected chi connectivity index (χ0v) is 13.8. The zero-order valence-electron chi connectivity index (χ0n) is 12.1. The summed E-state index contributed by atoms with van der Waals surface area (Å²) in [7, 11) is 0. The van der Waals surface area contributed by atoms with E-state index >= 15 is 0 Å². The van der Waals surface area contributed by atoms with Gasteiger partial charge >= 0.3 is 135 Å². The molecule has 3 aromatic rings. The van der Waals surface area contributed by atoms with Crippen LogP contribution in [0.5, 0.6) is 0 Å². The minimum atomic E-state index is 0.369. The van der Waals surface area contributed by atoms with Crippen molar-refractivity contribution in [2.24, 2.45) is 5.73 Å². The summed E-state index contributed by atoms with van der Waals surface area (Å²) in [6.07, 6.45) is 1.44. The molecule has 2 heterocycles. The molecule has 0 fully saturated rings. The Bertz CT molecular complexity index is 883. The molecule has 22 heavy (non-hydrogen) atoms. The Labute approximate surface area is 135 Å². The van der Waals surface area contributed by atoms with E-state index in [-0.39, 0.29) is 0 Å². The van der Waals surface area contributed by atoms with Crippen LogP contribution in [0.3, 0.4) is 0 Å². The predicted octanol–water partition coefficient (Wildman–Crippen LogP) is 0.558. The van der Waals surface area contributed by atoms with Gasteiger partial charge in [0.2, 0.25) is 0 Å². The molecule has 0 aliphatic carbocycles. The van der Waals surface area contributed by atoms with Crippen LogP contribution in [-0.2, 0) is 6.54 Å². The summed E-state index contributed by atoms with van der Waals surface area (Å²) in [5.74, 6) is 0.898. The van der Waals surface area contributed by atoms with Crippen molar-refractivity contribution in [3.63, 3.8) is 0 Å². The fraction of sp³-hybridized carbons (Fsp3) is 0.133. The number of rotatable bonds is 3. The minimum absolute atomic E-state index is 0.369. The molecule has 0 saturated heterocycles. The normalized spacial score (nSPS) is 11.0. The topological polar surface area (TPSA) is 109 Å². The van der Waals surface area contributed by atoms with E-state index in [1.165, 1.54) is 11.9 Å². The summed E-state index contributed by atoms with van der Waals surface area (Å²) in [6, 6.07) is 8.14. The molecule has 0 amide bonds. The molecular weight excluding hydrogens is 343 g/mol. The van der Waals surface area contributed by atoms with Crippen molar-refractivity contribution in [3.05, 3.63) is 47.3 Å². The molecule has 0 aliphatic rings. The first-order valence-electron chi connectivity index (χ1n) is 6.73. The monoisotopic (exact) mass is 360 g/mol. The number of nitrogens with zero attached hydrogens (tertiary/aromatic N) is 3. The first-order chi connectivity index (χ1) is 10.5. The molecule has 1 aromatic carbocycles. The number of anilines is 2. The Morgan fingerprint density at radius 1 is 1.23 bits per heavy atom. The van der Waals surface area contributed by atoms with E-state index in [1.807, 2.05) is 16.7 Å². The number of hydrogen-bond acceptors (Lipinski definition) is 5. The molecule has 6 N–H and O–H groups in total. The fourth-order valence-electron chi connectivity index (χ4n) is 2.58. The molecule has 0 spiro atoms. The number of benzene rings is 1. The van der Waals surface area contributed by atoms with Gasteiger partial charge in [-0.3, -0.25) is 0 Å². The van der Waals surface area contributed by atoms with Crippen LogP contribution in [0.2, 0.25) is 0 Å². The number of hydrogen-bond donors (Lipinski definition) is 3. The quantitative estimate of drug-likeness (QED) is 0.592. The molecule has 3 rings (SSSR count). The van der Waals surface area contributed by atoms with Gasteiger partial charge in [0.05, 0.1) is 0 Å². The van der Waals surface area contributed by atoms with E-state index in [0.29, 0.717) is 39.3 Å². The first kappa shape index (κ1) is 14.6. The number of nitrogens with two attached hydrogens (primary N) is 3. The number of aryl methyl sites for hydroxylation is 1. The third kappa shape index (κ3) is 2.24. The Kier molecular flexibility index (Phi) is 3.60. The molecule has 6 nitrogen and oxygen atoms in total. The van der Waals surface area contributed by atoms with Crippen LogP contribution in [0, 0.1) is 6.92 Å². The van der Waals surface area contributed by atoms with Crippen molar-refractivity contribution < 1.29 is 0 Å². The third-order valence-corrected chi connectivity index (χ3v) is 4.17. The van der Waals surface area contributed by atoms with Gasteiger partial charge in [0.25, 0.3) is 0 Å². The average Bonchev–Trinajstić information content (AvgIpc) is 2.76. The van der Waals surface area contributed by atoms with Crippen LogP contribution in [-0.4, -0.2) is 34.7 Å². The summed E-state index contributed by atoms with van der Waals surface area (Å²) in [5, 5.41) is 0.685. The molecular formula is C15H16N6Se. The van der Waals surface area contributed by atoms with E-state index in [4.69, 9.17) is 17.2 Å². The molecule has 0 bridgehead atoms. The van der Waals surface area contributed by atoms with Gasteiger partial charge in [-0.05, 0) is 0 Å². The van der Waals surface area contributed by atoms with Gasteiger partial charge in [0, 0.05) is 0 Å². The molecule has 0 saturated carbocycles. The SMILES string of the molecule is Cc1ccccc1Cn1c(N)c(C(N)=[Se])c2c(N)ncnc21. The first-order valence-corrected chi connectivity index (χ1v) is 7.58. The van der Waals surface area contributed by atoms with Gasteiger partial charge in [0.15, 0.2) is 0 Å². The third-order valence-electron chi connectivity index (χ3n) is 3.75. The van der Waals surface area contributed by atoms with Crippen LogP contribution in [0.15, 0.2) is 30.6 Å². The van der Waals surface area contributed by atoms with E-state index in [1.54, 1.807) is 0 Å². The number of fused-ring (bicyclic) bond motifs is 1. The Hall–Kier alpha value is -2.37. The Balaban J connectivity index is 2.27. The second-order valence-corrected chi connectivity index (χ2v) is 6.02. The Morgan fingerprint density at radius 2 is 1.95 bits per heavy atom. The molecule has 7 heteroatoms. The van der Waals surface area contributed by atoms with E-state index in [2.05, 4.69) is 44.6 Å². The average molecular weight is 359 g/mol. The molecule has 0 radical (unpaired) electrons. The second kappa shape index (κ2) is 5.44. The Morgan fingerprint density at radius 3 is 2.64 bits per heavy atom. The van der Waals surface area contributed by atoms with Crippen molar-refractivity contribution in [2.45, 2.75) is 13.5 Å². The second-order valence-electron chi connectivity index (χ2n) is 5.09. The summed E-state index contributed by atoms with van der Waals surface area (Å²) < 4.78 is 2.39. The number of aromatic nitrogens is 3. The van der Waals surface area contributed by atoms with E-state index in [0.717, 1.165) is 5.56 Å². The molecule has 0 aliphatic heterocycles. The number of nitrogen functional groups attached to an aromatic ring is 2.